The molecule has 2 aromatic carbocycles. The summed E-state index contributed by atoms with van der Waals surface area (Å²) in [6.07, 6.45) is 5.52. The molecule has 0 amide bonds. The third kappa shape index (κ3) is 5.37. The van der Waals surface area contributed by atoms with Gasteiger partial charge < -0.3 is 19.4 Å². The number of rotatable bonds is 10. The molecule has 0 fully saturated rings. The lowest BCUT2D eigenvalue weighted by atomic mass is 9.98. The number of hydrogen-bond acceptors (Lipinski definition) is 5. The molecule has 0 saturated carbocycles. The van der Waals surface area contributed by atoms with Crippen molar-refractivity contribution in [3.05, 3.63) is 49.2 Å². The van der Waals surface area contributed by atoms with E-state index in [1.165, 1.54) is 0 Å². The normalized spacial score (nSPS) is 11.2. The molecular weight excluding hydrogens is 575 g/mol. The van der Waals surface area contributed by atoms with Gasteiger partial charge in [-0.2, -0.15) is 0 Å². The summed E-state index contributed by atoms with van der Waals surface area (Å²) in [5.41, 5.74) is 1.41. The van der Waals surface area contributed by atoms with Crippen LogP contribution in [-0.2, 0) is 6.42 Å². The van der Waals surface area contributed by atoms with Crippen molar-refractivity contribution in [2.75, 3.05) is 6.61 Å². The van der Waals surface area contributed by atoms with Gasteiger partial charge >= 0.3 is 0 Å². The van der Waals surface area contributed by atoms with Crippen LogP contribution in [-0.4, -0.2) is 22.6 Å². The van der Waals surface area contributed by atoms with Gasteiger partial charge in [0.25, 0.3) is 0 Å². The van der Waals surface area contributed by atoms with Gasteiger partial charge in [-0.05, 0) is 69.6 Å². The number of carbonyl (C=O) groups excluding carboxylic acids is 1. The van der Waals surface area contributed by atoms with Gasteiger partial charge in [-0.1, -0.05) is 33.1 Å². The molecule has 0 aliphatic rings. The Morgan fingerprint density at radius 2 is 1.84 bits per heavy atom. The number of aromatic hydroxyl groups is 2. The minimum atomic E-state index is -0.209. The molecule has 0 spiro atoms. The Labute approximate surface area is 204 Å². The molecule has 166 valence electrons. The van der Waals surface area contributed by atoms with E-state index >= 15 is 0 Å². The third-order valence-corrected chi connectivity index (χ3v) is 6.54. The molecule has 1 heterocycles. The van der Waals surface area contributed by atoms with Gasteiger partial charge in [0.05, 0.1) is 20.2 Å². The van der Waals surface area contributed by atoms with Crippen LogP contribution in [0.15, 0.2) is 33.2 Å². The summed E-state index contributed by atoms with van der Waals surface area (Å²) < 4.78 is 12.8. The number of phenols is 2. The second-order valence-electron chi connectivity index (χ2n) is 7.49. The predicted octanol–water partition coefficient (Wildman–Crippen LogP) is 7.35. The molecule has 0 bridgehead atoms. The van der Waals surface area contributed by atoms with Crippen LogP contribution in [0.1, 0.15) is 67.6 Å². The number of hydrogen-bond donors (Lipinski definition) is 2. The highest BCUT2D eigenvalue weighted by Crippen LogP contribution is 2.38. The maximum absolute atomic E-state index is 13.5. The zero-order valence-corrected chi connectivity index (χ0v) is 21.4. The zero-order chi connectivity index (χ0) is 22.5. The molecule has 0 saturated heterocycles. The first kappa shape index (κ1) is 23.9. The number of furan rings is 1. The molecule has 1 aromatic heterocycles. The van der Waals surface area contributed by atoms with Crippen LogP contribution in [0.25, 0.3) is 11.0 Å². The first-order chi connectivity index (χ1) is 14.9. The Bertz CT molecular complexity index is 1070. The van der Waals surface area contributed by atoms with E-state index in [1.54, 1.807) is 24.3 Å². The summed E-state index contributed by atoms with van der Waals surface area (Å²) in [5.74, 6) is 0.841. The van der Waals surface area contributed by atoms with Crippen LogP contribution < -0.4 is 4.74 Å². The Hall–Kier alpha value is -1.74. The first-order valence-electron chi connectivity index (χ1n) is 10.5. The van der Waals surface area contributed by atoms with Gasteiger partial charge in [0.15, 0.2) is 17.3 Å². The van der Waals surface area contributed by atoms with Gasteiger partial charge in [-0.3, -0.25) is 4.79 Å². The number of ether oxygens (including phenoxy) is 1. The Kier molecular flexibility index (Phi) is 8.27. The largest absolute Gasteiger partial charge is 0.506 e. The van der Waals surface area contributed by atoms with Crippen LogP contribution in [0.2, 0.25) is 0 Å². The van der Waals surface area contributed by atoms with Crippen molar-refractivity contribution >= 4 is 55.3 Å². The number of benzene rings is 2. The average molecular weight is 601 g/mol. The Morgan fingerprint density at radius 3 is 2.52 bits per heavy atom. The lowest BCUT2D eigenvalue weighted by Crippen LogP contribution is -2.05. The quantitative estimate of drug-likeness (QED) is 0.144. The number of carbonyl (C=O) groups is 1. The second kappa shape index (κ2) is 10.7. The molecule has 7 heteroatoms. The van der Waals surface area contributed by atoms with Crippen molar-refractivity contribution in [3.8, 4) is 17.2 Å². The molecule has 5 nitrogen and oxygen atoms in total. The van der Waals surface area contributed by atoms with Crippen LogP contribution in [0.4, 0.5) is 0 Å². The highest BCUT2D eigenvalue weighted by atomic mass is 127. The van der Waals surface area contributed by atoms with E-state index < -0.39 is 0 Å². The maximum Gasteiger partial charge on any atom is 0.197 e. The van der Waals surface area contributed by atoms with E-state index in [1.807, 2.05) is 22.6 Å². The summed E-state index contributed by atoms with van der Waals surface area (Å²) in [5, 5.41) is 21.1. The SMILES string of the molecule is CCCCCOc1cc2oc(CCCC)c(C(=O)c3cc(Br)c(O)c(I)c3)c2cc1O. The van der Waals surface area contributed by atoms with Gasteiger partial charge in [0, 0.05) is 23.4 Å². The van der Waals surface area contributed by atoms with Crippen LogP contribution >= 0.6 is 38.5 Å². The second-order valence-corrected chi connectivity index (χ2v) is 9.51. The van der Waals surface area contributed by atoms with Gasteiger partial charge in [0.2, 0.25) is 0 Å². The molecule has 0 radical (unpaired) electrons. The summed E-state index contributed by atoms with van der Waals surface area (Å²) >= 11 is 5.30. The summed E-state index contributed by atoms with van der Waals surface area (Å²) in [6.45, 7) is 4.72. The molecule has 3 rings (SSSR count). The van der Waals surface area contributed by atoms with E-state index in [0.29, 0.717) is 54.7 Å². The standard InChI is InChI=1S/C24H26BrIO5/c1-3-5-7-9-30-21-13-20-15(12-18(21)27)22(19(31-20)8-6-4-2)23(28)14-10-16(25)24(29)17(26)11-14/h10-13,27,29H,3-9H2,1-2H3. The van der Waals surface area contributed by atoms with Gasteiger partial charge in [-0.25, -0.2) is 0 Å². The number of unbranched alkanes of at least 4 members (excludes halogenated alkanes) is 3. The van der Waals surface area contributed by atoms with E-state index in [-0.39, 0.29) is 17.3 Å². The van der Waals surface area contributed by atoms with E-state index in [0.717, 1.165) is 32.1 Å². The van der Waals surface area contributed by atoms with E-state index in [4.69, 9.17) is 9.15 Å². The number of ketones is 1. The van der Waals surface area contributed by atoms with Gasteiger partial charge in [-0.15, -0.1) is 0 Å². The fourth-order valence-electron chi connectivity index (χ4n) is 3.42. The molecule has 31 heavy (non-hydrogen) atoms. The predicted molar refractivity (Wildman–Crippen MR) is 133 cm³/mol. The van der Waals surface area contributed by atoms with Crippen LogP contribution in [0, 0.1) is 3.57 Å². The monoisotopic (exact) mass is 600 g/mol. The van der Waals surface area contributed by atoms with Crippen molar-refractivity contribution in [1.29, 1.82) is 0 Å². The van der Waals surface area contributed by atoms with Crippen molar-refractivity contribution in [2.45, 2.75) is 52.4 Å². The average Bonchev–Trinajstić information content (AvgIpc) is 3.09. The van der Waals surface area contributed by atoms with E-state index in [2.05, 4.69) is 29.8 Å². The third-order valence-electron chi connectivity index (χ3n) is 5.11. The summed E-state index contributed by atoms with van der Waals surface area (Å²) in [7, 11) is 0. The van der Waals surface area contributed by atoms with Crippen LogP contribution in [0.5, 0.6) is 17.2 Å². The highest BCUT2D eigenvalue weighted by Gasteiger charge is 2.24. The first-order valence-corrected chi connectivity index (χ1v) is 12.4. The van der Waals surface area contributed by atoms with Crippen molar-refractivity contribution in [3.63, 3.8) is 0 Å². The molecular formula is C24H26BrIO5. The molecule has 0 aliphatic carbocycles. The Morgan fingerprint density at radius 1 is 1.10 bits per heavy atom. The van der Waals surface area contributed by atoms with Gasteiger partial charge in [0.1, 0.15) is 17.1 Å². The topological polar surface area (TPSA) is 79.9 Å². The minimum absolute atomic E-state index is 0.0117. The lowest BCUT2D eigenvalue weighted by Gasteiger charge is -2.08. The fraction of sp³-hybridized carbons (Fsp3) is 0.375. The molecule has 0 atom stereocenters. The molecule has 0 aliphatic heterocycles. The molecule has 0 unspecified atom stereocenters. The maximum atomic E-state index is 13.5. The number of phenolic OH excluding ortho intramolecular Hbond substituents is 2. The van der Waals surface area contributed by atoms with Crippen molar-refractivity contribution in [2.24, 2.45) is 0 Å². The smallest absolute Gasteiger partial charge is 0.197 e. The van der Waals surface area contributed by atoms with Crippen molar-refractivity contribution in [1.82, 2.24) is 0 Å². The lowest BCUT2D eigenvalue weighted by molar-refractivity contribution is 0.103. The zero-order valence-electron chi connectivity index (χ0n) is 17.6. The Balaban J connectivity index is 2.06. The molecule has 2 N–H and O–H groups in total. The summed E-state index contributed by atoms with van der Waals surface area (Å²) in [6, 6.07) is 6.47. The van der Waals surface area contributed by atoms with Crippen molar-refractivity contribution < 1.29 is 24.2 Å². The summed E-state index contributed by atoms with van der Waals surface area (Å²) in [4.78, 5) is 13.5. The molecule has 3 aromatic rings. The number of fused-ring (bicyclic) bond motifs is 1. The van der Waals surface area contributed by atoms with E-state index in [9.17, 15) is 15.0 Å². The number of halogens is 2. The van der Waals surface area contributed by atoms with Crippen LogP contribution in [0.3, 0.4) is 0 Å². The highest BCUT2D eigenvalue weighted by molar-refractivity contribution is 14.1. The minimum Gasteiger partial charge on any atom is -0.506 e. The number of aryl methyl sites for hydroxylation is 1. The fourth-order valence-corrected chi connectivity index (χ4v) is 4.87.